The smallest absolute Gasteiger partial charge is 0.407 e. The Kier molecular flexibility index (Phi) is 27.7. The molecule has 0 spiro atoms. The molecule has 0 aliphatic heterocycles. The normalized spacial score (nSPS) is 10.2. The minimum atomic E-state index is -0.512. The summed E-state index contributed by atoms with van der Waals surface area (Å²) < 4.78 is 30.2. The molecule has 0 atom stereocenters. The first-order valence-corrected chi connectivity index (χ1v) is 14.1. The molecule has 0 fully saturated rings. The van der Waals surface area contributed by atoms with Crippen LogP contribution in [0.15, 0.2) is 24.8 Å². The monoisotopic (exact) mass is 592 g/mol. The molecule has 41 heavy (non-hydrogen) atoms. The van der Waals surface area contributed by atoms with Crippen LogP contribution in [0, 0.1) is 11.8 Å². The van der Waals surface area contributed by atoms with Crippen LogP contribution in [-0.2, 0) is 38.0 Å². The standard InChI is InChI=1S/C15H27NO5.C14H25NO5.2H2/c1-12(2)11-19-8-5-6-9-21-15(18)16-7-10-20-14(17)13(3)4;1-4-13(16)19-10-7-15-14(17)20-9-6-5-8-18-11-12(2)3;;/h12H,3,5-11H2,1-2,4H3,(H,16,18);4,12H,1,5-11H2,2-3H3,(H,15,17);2*1H. The second kappa shape index (κ2) is 28.4. The molecule has 12 nitrogen and oxygen atoms in total. The maximum Gasteiger partial charge on any atom is 0.407 e. The molecule has 0 aliphatic rings. The summed E-state index contributed by atoms with van der Waals surface area (Å²) in [7, 11) is 0. The Morgan fingerprint density at radius 1 is 0.683 bits per heavy atom. The number of amides is 2. The summed E-state index contributed by atoms with van der Waals surface area (Å²) in [6.07, 6.45) is 3.28. The first-order valence-electron chi connectivity index (χ1n) is 14.1. The Hall–Kier alpha value is -3.12. The molecule has 0 aliphatic carbocycles. The Labute approximate surface area is 248 Å². The maximum atomic E-state index is 11.3. The van der Waals surface area contributed by atoms with Crippen LogP contribution < -0.4 is 10.6 Å². The highest BCUT2D eigenvalue weighted by atomic mass is 16.6. The van der Waals surface area contributed by atoms with Gasteiger partial charge in [0.2, 0.25) is 0 Å². The number of hydrogen-bond acceptors (Lipinski definition) is 10. The lowest BCUT2D eigenvalue weighted by Crippen LogP contribution is -2.29. The number of unbranched alkanes of at least 4 members (excludes halogenated alkanes) is 2. The Bertz CT molecular complexity index is 753. The summed E-state index contributed by atoms with van der Waals surface area (Å²) in [6.45, 7) is 20.9. The zero-order chi connectivity index (χ0) is 31.3. The van der Waals surface area contributed by atoms with Crippen LogP contribution in [0.1, 0.15) is 63.2 Å². The van der Waals surface area contributed by atoms with E-state index in [0.29, 0.717) is 43.8 Å². The van der Waals surface area contributed by atoms with Crippen molar-refractivity contribution >= 4 is 24.1 Å². The fourth-order valence-electron chi connectivity index (χ4n) is 2.47. The molecule has 12 heteroatoms. The van der Waals surface area contributed by atoms with Crippen LogP contribution in [-0.4, -0.2) is 90.1 Å². The number of alkyl carbamates (subject to hydrolysis) is 2. The van der Waals surface area contributed by atoms with Gasteiger partial charge in [-0.15, -0.1) is 0 Å². The molecule has 2 N–H and O–H groups in total. The third-order valence-corrected chi connectivity index (χ3v) is 4.47. The van der Waals surface area contributed by atoms with Gasteiger partial charge in [-0.2, -0.15) is 0 Å². The number of carbonyl (C=O) groups excluding carboxylic acids is 4. The van der Waals surface area contributed by atoms with Crippen LogP contribution in [0.5, 0.6) is 0 Å². The fourth-order valence-corrected chi connectivity index (χ4v) is 2.47. The topological polar surface area (TPSA) is 148 Å². The molecule has 0 radical (unpaired) electrons. The fraction of sp³-hybridized carbons (Fsp3) is 0.724. The minimum Gasteiger partial charge on any atom is -0.461 e. The molecule has 2 amide bonds. The zero-order valence-corrected chi connectivity index (χ0v) is 25.6. The van der Waals surface area contributed by atoms with Gasteiger partial charge < -0.3 is 39.1 Å². The largest absolute Gasteiger partial charge is 0.461 e. The van der Waals surface area contributed by atoms with E-state index >= 15 is 0 Å². The van der Waals surface area contributed by atoms with Gasteiger partial charge in [0.15, 0.2) is 0 Å². The van der Waals surface area contributed by atoms with Crippen molar-refractivity contribution in [1.29, 1.82) is 0 Å². The van der Waals surface area contributed by atoms with Crippen molar-refractivity contribution in [2.24, 2.45) is 11.8 Å². The molecular weight excluding hydrogens is 536 g/mol. The molecule has 0 saturated heterocycles. The van der Waals surface area contributed by atoms with Gasteiger partial charge in [0.05, 0.1) is 26.3 Å². The van der Waals surface area contributed by atoms with Crippen molar-refractivity contribution in [3.05, 3.63) is 24.8 Å². The number of ether oxygens (including phenoxy) is 6. The quantitative estimate of drug-likeness (QED) is 0.0786. The van der Waals surface area contributed by atoms with Crippen LogP contribution in [0.4, 0.5) is 9.59 Å². The van der Waals surface area contributed by atoms with Crippen LogP contribution in [0.2, 0.25) is 0 Å². The molecule has 0 unspecified atom stereocenters. The summed E-state index contributed by atoms with van der Waals surface area (Å²) in [4.78, 5) is 44.2. The first-order chi connectivity index (χ1) is 19.5. The van der Waals surface area contributed by atoms with E-state index in [0.717, 1.165) is 45.0 Å². The number of hydrogen-bond donors (Lipinski definition) is 2. The SMILES string of the molecule is C=C(C)C(=O)OCCNC(=O)OCCCCOCC(C)C.C=CC(=O)OCCNC(=O)OCCCCOCC(C)C.[HH].[HH]. The van der Waals surface area contributed by atoms with Crippen LogP contribution in [0.25, 0.3) is 0 Å². The van der Waals surface area contributed by atoms with Gasteiger partial charge in [0.25, 0.3) is 0 Å². The molecule has 0 heterocycles. The van der Waals surface area contributed by atoms with E-state index in [1.54, 1.807) is 6.92 Å². The van der Waals surface area contributed by atoms with E-state index in [1.807, 2.05) is 0 Å². The lowest BCUT2D eigenvalue weighted by atomic mass is 10.2. The van der Waals surface area contributed by atoms with Crippen LogP contribution in [0.3, 0.4) is 0 Å². The second-order valence-electron chi connectivity index (χ2n) is 9.76. The Balaban J connectivity index is -0.000000338. The van der Waals surface area contributed by atoms with Crippen LogP contribution >= 0.6 is 0 Å². The molecule has 242 valence electrons. The summed E-state index contributed by atoms with van der Waals surface area (Å²) >= 11 is 0. The predicted molar refractivity (Wildman–Crippen MR) is 160 cm³/mol. The highest BCUT2D eigenvalue weighted by molar-refractivity contribution is 5.86. The zero-order valence-electron chi connectivity index (χ0n) is 25.6. The maximum absolute atomic E-state index is 11.3. The van der Waals surface area contributed by atoms with E-state index in [1.165, 1.54) is 0 Å². The van der Waals surface area contributed by atoms with Gasteiger partial charge in [-0.1, -0.05) is 40.9 Å². The lowest BCUT2D eigenvalue weighted by Gasteiger charge is -2.08. The van der Waals surface area contributed by atoms with E-state index in [9.17, 15) is 19.2 Å². The second-order valence-corrected chi connectivity index (χ2v) is 9.76. The highest BCUT2D eigenvalue weighted by Crippen LogP contribution is 1.98. The predicted octanol–water partition coefficient (Wildman–Crippen LogP) is 4.67. The summed E-state index contributed by atoms with van der Waals surface area (Å²) in [5.74, 6) is 0.0892. The molecule has 0 aromatic heterocycles. The lowest BCUT2D eigenvalue weighted by molar-refractivity contribution is -0.139. The highest BCUT2D eigenvalue weighted by Gasteiger charge is 2.05. The van der Waals surface area contributed by atoms with Gasteiger partial charge in [0.1, 0.15) is 13.2 Å². The summed E-state index contributed by atoms with van der Waals surface area (Å²) in [6, 6.07) is 0. The Morgan fingerprint density at radius 2 is 1.10 bits per heavy atom. The number of nitrogens with one attached hydrogen (secondary N) is 2. The molecule has 0 bridgehead atoms. The van der Waals surface area contributed by atoms with Crippen molar-refractivity contribution in [2.75, 3.05) is 65.9 Å². The number of carbonyl (C=O) groups is 4. The van der Waals surface area contributed by atoms with Gasteiger partial charge in [0, 0.05) is 40.9 Å². The van der Waals surface area contributed by atoms with E-state index in [4.69, 9.17) is 23.7 Å². The molecular formula is C29H56N2O10. The Morgan fingerprint density at radius 3 is 1.49 bits per heavy atom. The van der Waals surface area contributed by atoms with Gasteiger partial charge in [-0.25, -0.2) is 19.2 Å². The third kappa shape index (κ3) is 33.0. The van der Waals surface area contributed by atoms with Gasteiger partial charge in [-0.05, 0) is 44.4 Å². The van der Waals surface area contributed by atoms with Crippen molar-refractivity contribution in [2.45, 2.75) is 60.3 Å². The number of rotatable bonds is 22. The molecule has 0 aromatic carbocycles. The van der Waals surface area contributed by atoms with E-state index < -0.39 is 24.1 Å². The molecule has 0 rings (SSSR count). The minimum absolute atomic E-state index is 0. The van der Waals surface area contributed by atoms with E-state index in [2.05, 4.69) is 56.2 Å². The van der Waals surface area contributed by atoms with Gasteiger partial charge in [-0.3, -0.25) is 0 Å². The van der Waals surface area contributed by atoms with Crippen molar-refractivity contribution in [3.63, 3.8) is 0 Å². The summed E-state index contributed by atoms with van der Waals surface area (Å²) in [5.41, 5.74) is 0.331. The van der Waals surface area contributed by atoms with Crippen molar-refractivity contribution in [3.8, 4) is 0 Å². The average molecular weight is 593 g/mol. The third-order valence-electron chi connectivity index (χ3n) is 4.47. The van der Waals surface area contributed by atoms with Crippen molar-refractivity contribution in [1.82, 2.24) is 10.6 Å². The summed E-state index contributed by atoms with van der Waals surface area (Å²) in [5, 5.41) is 4.97. The number of esters is 2. The molecule has 0 saturated carbocycles. The molecule has 0 aromatic rings. The van der Waals surface area contributed by atoms with Gasteiger partial charge >= 0.3 is 24.1 Å². The van der Waals surface area contributed by atoms with Crippen molar-refractivity contribution < 1.29 is 50.5 Å². The average Bonchev–Trinajstić information content (AvgIpc) is 2.92. The van der Waals surface area contributed by atoms with E-state index in [-0.39, 0.29) is 29.2 Å². The first kappa shape index (κ1) is 40.0.